The third kappa shape index (κ3) is 3.65. The normalized spacial score (nSPS) is 12.0. The van der Waals surface area contributed by atoms with Gasteiger partial charge in [-0.2, -0.15) is 31.6 Å². The van der Waals surface area contributed by atoms with Gasteiger partial charge in [0.1, 0.15) is 0 Å². The van der Waals surface area contributed by atoms with Crippen molar-refractivity contribution in [2.24, 2.45) is 0 Å². The Labute approximate surface area is 127 Å². The predicted octanol–water partition coefficient (Wildman–Crippen LogP) is 5.46. The summed E-state index contributed by atoms with van der Waals surface area (Å²) >= 11 is 0. The third-order valence-corrected chi connectivity index (χ3v) is 3.24. The number of alkyl halides is 6. The van der Waals surface area contributed by atoms with E-state index in [9.17, 15) is 26.3 Å². The van der Waals surface area contributed by atoms with E-state index in [1.54, 1.807) is 6.07 Å². The number of halogens is 6. The number of hydrogen-bond donors (Lipinski definition) is 0. The Hall–Kier alpha value is -2.49. The van der Waals surface area contributed by atoms with Gasteiger partial charge in [0.15, 0.2) is 0 Å². The van der Waals surface area contributed by atoms with E-state index in [2.05, 4.69) is 0 Å². The Morgan fingerprint density at radius 1 is 0.870 bits per heavy atom. The van der Waals surface area contributed by atoms with Gasteiger partial charge in [-0.15, -0.1) is 0 Å². The highest BCUT2D eigenvalue weighted by molar-refractivity contribution is 5.70. The van der Waals surface area contributed by atoms with Crippen molar-refractivity contribution in [3.8, 4) is 17.2 Å². The number of rotatable bonds is 2. The van der Waals surface area contributed by atoms with Crippen molar-refractivity contribution < 1.29 is 26.3 Å². The number of nitriles is 1. The molecule has 0 saturated carbocycles. The number of hydrogen-bond acceptors (Lipinski definition) is 1. The molecule has 0 heterocycles. The van der Waals surface area contributed by atoms with Gasteiger partial charge in [-0.25, -0.2) is 0 Å². The fraction of sp³-hybridized carbons (Fsp3) is 0.188. The van der Waals surface area contributed by atoms with Crippen LogP contribution in [0.4, 0.5) is 26.3 Å². The molecule has 0 aliphatic rings. The van der Waals surface area contributed by atoms with E-state index in [1.165, 1.54) is 12.1 Å². The molecular weight excluding hydrogens is 320 g/mol. The van der Waals surface area contributed by atoms with E-state index in [4.69, 9.17) is 5.26 Å². The monoisotopic (exact) mass is 329 g/mol. The van der Waals surface area contributed by atoms with Crippen molar-refractivity contribution in [2.45, 2.75) is 18.8 Å². The Morgan fingerprint density at radius 3 is 2.09 bits per heavy atom. The van der Waals surface area contributed by atoms with Crippen LogP contribution in [0.3, 0.4) is 0 Å². The average Bonchev–Trinajstić information content (AvgIpc) is 2.46. The molecule has 0 unspecified atom stereocenters. The summed E-state index contributed by atoms with van der Waals surface area (Å²) in [6, 6.07) is 8.84. The molecule has 0 amide bonds. The maximum atomic E-state index is 13.0. The van der Waals surface area contributed by atoms with Crippen molar-refractivity contribution in [3.05, 3.63) is 59.2 Å². The molecule has 0 aliphatic carbocycles. The Bertz CT molecular complexity index is 752. The maximum absolute atomic E-state index is 13.0. The largest absolute Gasteiger partial charge is 0.416 e. The molecule has 0 radical (unpaired) electrons. The summed E-state index contributed by atoms with van der Waals surface area (Å²) in [6.07, 6.45) is -9.85. The molecule has 0 spiro atoms. The minimum atomic E-state index is -4.69. The second kappa shape index (κ2) is 5.95. The highest BCUT2D eigenvalue weighted by atomic mass is 19.4. The summed E-state index contributed by atoms with van der Waals surface area (Å²) in [7, 11) is 0. The molecule has 0 fully saturated rings. The lowest BCUT2D eigenvalue weighted by Gasteiger charge is -2.16. The van der Waals surface area contributed by atoms with E-state index in [1.807, 2.05) is 0 Å². The van der Waals surface area contributed by atoms with Crippen LogP contribution < -0.4 is 0 Å². The molecule has 23 heavy (non-hydrogen) atoms. The van der Waals surface area contributed by atoms with Crippen LogP contribution in [-0.4, -0.2) is 0 Å². The van der Waals surface area contributed by atoms with E-state index >= 15 is 0 Å². The summed E-state index contributed by atoms with van der Waals surface area (Å²) in [4.78, 5) is 0. The number of benzene rings is 2. The molecule has 120 valence electrons. The van der Waals surface area contributed by atoms with E-state index in [0.29, 0.717) is 0 Å². The molecule has 7 heteroatoms. The first-order valence-electron chi connectivity index (χ1n) is 6.38. The topological polar surface area (TPSA) is 23.8 Å². The molecule has 0 bridgehead atoms. The third-order valence-electron chi connectivity index (χ3n) is 3.24. The minimum absolute atomic E-state index is 0.0174. The lowest BCUT2D eigenvalue weighted by Crippen LogP contribution is -2.10. The SMILES string of the molecule is N#CCc1c(-c2cccc(C(F)(F)F)c2)cccc1C(F)(F)F. The second-order valence-corrected chi connectivity index (χ2v) is 4.74. The van der Waals surface area contributed by atoms with Crippen molar-refractivity contribution in [1.29, 1.82) is 5.26 Å². The first-order valence-corrected chi connectivity index (χ1v) is 6.38. The summed E-state index contributed by atoms with van der Waals surface area (Å²) in [5, 5.41) is 8.77. The van der Waals surface area contributed by atoms with Crippen molar-refractivity contribution >= 4 is 0 Å². The fourth-order valence-corrected chi connectivity index (χ4v) is 2.26. The second-order valence-electron chi connectivity index (χ2n) is 4.74. The van der Waals surface area contributed by atoms with Crippen LogP contribution in [0.2, 0.25) is 0 Å². The zero-order chi connectivity index (χ0) is 17.3. The van der Waals surface area contributed by atoms with Gasteiger partial charge in [0.05, 0.1) is 23.6 Å². The Kier molecular flexibility index (Phi) is 4.37. The average molecular weight is 329 g/mol. The van der Waals surface area contributed by atoms with Crippen LogP contribution in [0.25, 0.3) is 11.1 Å². The van der Waals surface area contributed by atoms with Crippen LogP contribution in [0.5, 0.6) is 0 Å². The Morgan fingerprint density at radius 2 is 1.52 bits per heavy atom. The van der Waals surface area contributed by atoms with Crippen LogP contribution in [0, 0.1) is 11.3 Å². The maximum Gasteiger partial charge on any atom is 0.416 e. The van der Waals surface area contributed by atoms with Crippen molar-refractivity contribution in [2.75, 3.05) is 0 Å². The minimum Gasteiger partial charge on any atom is -0.198 e. The zero-order valence-corrected chi connectivity index (χ0v) is 11.5. The van der Waals surface area contributed by atoms with Crippen LogP contribution in [-0.2, 0) is 18.8 Å². The van der Waals surface area contributed by atoms with Gasteiger partial charge in [-0.1, -0.05) is 24.3 Å². The molecule has 2 rings (SSSR count). The molecule has 0 aromatic heterocycles. The number of nitrogens with zero attached hydrogens (tertiary/aromatic N) is 1. The molecular formula is C16H9F6N. The van der Waals surface area contributed by atoms with Crippen LogP contribution >= 0.6 is 0 Å². The lowest BCUT2D eigenvalue weighted by molar-refractivity contribution is -0.138. The Balaban J connectivity index is 2.67. The molecule has 0 aliphatic heterocycles. The first-order chi connectivity index (χ1) is 10.6. The van der Waals surface area contributed by atoms with Crippen molar-refractivity contribution in [1.82, 2.24) is 0 Å². The van der Waals surface area contributed by atoms with E-state index < -0.39 is 29.9 Å². The molecule has 0 saturated heterocycles. The van der Waals surface area contributed by atoms with Gasteiger partial charge in [0.2, 0.25) is 0 Å². The standard InChI is InChI=1S/C16H9F6N/c17-15(18,19)11-4-1-3-10(9-11)12-5-2-6-14(16(20,21)22)13(12)7-8-23/h1-6,9H,7H2. The highest BCUT2D eigenvalue weighted by Crippen LogP contribution is 2.38. The molecule has 0 N–H and O–H groups in total. The van der Waals surface area contributed by atoms with E-state index in [-0.39, 0.29) is 16.7 Å². The molecule has 2 aromatic rings. The predicted molar refractivity (Wildman–Crippen MR) is 71.2 cm³/mol. The van der Waals surface area contributed by atoms with Gasteiger partial charge in [0, 0.05) is 0 Å². The van der Waals surface area contributed by atoms with Gasteiger partial charge in [0.25, 0.3) is 0 Å². The summed E-state index contributed by atoms with van der Waals surface area (Å²) < 4.78 is 77.4. The smallest absolute Gasteiger partial charge is 0.198 e. The summed E-state index contributed by atoms with van der Waals surface area (Å²) in [5.74, 6) is 0. The van der Waals surface area contributed by atoms with Crippen LogP contribution in [0.15, 0.2) is 42.5 Å². The molecule has 0 atom stereocenters. The van der Waals surface area contributed by atoms with Crippen LogP contribution in [0.1, 0.15) is 16.7 Å². The lowest BCUT2D eigenvalue weighted by atomic mass is 9.92. The molecule has 2 aromatic carbocycles. The van der Waals surface area contributed by atoms with E-state index in [0.717, 1.165) is 30.3 Å². The quantitative estimate of drug-likeness (QED) is 0.671. The molecule has 1 nitrogen and oxygen atoms in total. The van der Waals surface area contributed by atoms with Gasteiger partial charge < -0.3 is 0 Å². The summed E-state index contributed by atoms with van der Waals surface area (Å²) in [6.45, 7) is 0. The van der Waals surface area contributed by atoms with Crippen molar-refractivity contribution in [3.63, 3.8) is 0 Å². The summed E-state index contributed by atoms with van der Waals surface area (Å²) in [5.41, 5.74) is -2.37. The fourth-order valence-electron chi connectivity index (χ4n) is 2.26. The first kappa shape index (κ1) is 16.9. The van der Waals surface area contributed by atoms with Gasteiger partial charge in [-0.3, -0.25) is 0 Å². The zero-order valence-electron chi connectivity index (χ0n) is 11.5. The highest BCUT2D eigenvalue weighted by Gasteiger charge is 2.35. The van der Waals surface area contributed by atoms with Gasteiger partial charge in [-0.05, 0) is 34.9 Å². The van der Waals surface area contributed by atoms with Gasteiger partial charge >= 0.3 is 12.4 Å².